The SMILES string of the molecule is Cc1ccc2nc(C)cc(C(=O)N3CCC4(CC3)OCCO4)c2c1. The van der Waals surface area contributed by atoms with Crippen molar-refractivity contribution in [3.05, 3.63) is 41.1 Å². The highest BCUT2D eigenvalue weighted by molar-refractivity contribution is 6.06. The Bertz CT molecular complexity index is 787. The first-order valence-corrected chi connectivity index (χ1v) is 8.52. The second-order valence-electron chi connectivity index (χ2n) is 6.73. The van der Waals surface area contributed by atoms with Crippen LogP contribution in [0.25, 0.3) is 10.9 Å². The molecule has 0 saturated carbocycles. The van der Waals surface area contributed by atoms with Crippen molar-refractivity contribution in [3.8, 4) is 0 Å². The first kappa shape index (κ1) is 15.5. The van der Waals surface area contributed by atoms with E-state index in [-0.39, 0.29) is 5.91 Å². The number of likely N-dealkylation sites (tertiary alicyclic amines) is 1. The molecule has 0 N–H and O–H groups in total. The molecule has 2 aromatic rings. The van der Waals surface area contributed by atoms with Gasteiger partial charge in [0.25, 0.3) is 5.91 Å². The fourth-order valence-electron chi connectivity index (χ4n) is 3.66. The summed E-state index contributed by atoms with van der Waals surface area (Å²) in [6.07, 6.45) is 1.47. The normalized spacial score (nSPS) is 20.0. The topological polar surface area (TPSA) is 51.7 Å². The van der Waals surface area contributed by atoms with Crippen molar-refractivity contribution < 1.29 is 14.3 Å². The maximum absolute atomic E-state index is 13.1. The van der Waals surface area contributed by atoms with E-state index in [1.807, 2.05) is 43.0 Å². The third kappa shape index (κ3) is 2.68. The molecular weight excluding hydrogens is 304 g/mol. The third-order valence-electron chi connectivity index (χ3n) is 4.95. The number of ether oxygens (including phenoxy) is 2. The average Bonchev–Trinajstić information content (AvgIpc) is 3.03. The van der Waals surface area contributed by atoms with Gasteiger partial charge in [0.05, 0.1) is 24.3 Å². The summed E-state index contributed by atoms with van der Waals surface area (Å²) in [5, 5.41) is 0.930. The maximum Gasteiger partial charge on any atom is 0.254 e. The van der Waals surface area contributed by atoms with E-state index in [4.69, 9.17) is 9.47 Å². The van der Waals surface area contributed by atoms with Crippen LogP contribution in [0.4, 0.5) is 0 Å². The molecular formula is C19H22N2O3. The van der Waals surface area contributed by atoms with Crippen molar-refractivity contribution in [2.75, 3.05) is 26.3 Å². The number of nitrogens with zero attached hydrogens (tertiary/aromatic N) is 2. The van der Waals surface area contributed by atoms with E-state index in [1.165, 1.54) is 0 Å². The van der Waals surface area contributed by atoms with Crippen LogP contribution in [0, 0.1) is 13.8 Å². The van der Waals surface area contributed by atoms with Crippen LogP contribution in [-0.2, 0) is 9.47 Å². The number of benzene rings is 1. The molecule has 24 heavy (non-hydrogen) atoms. The van der Waals surface area contributed by atoms with Crippen LogP contribution in [0.15, 0.2) is 24.3 Å². The first-order chi connectivity index (χ1) is 11.6. The molecule has 0 aliphatic carbocycles. The van der Waals surface area contributed by atoms with Crippen LogP contribution in [-0.4, -0.2) is 47.9 Å². The van der Waals surface area contributed by atoms with E-state index < -0.39 is 5.79 Å². The summed E-state index contributed by atoms with van der Waals surface area (Å²) in [5.41, 5.74) is 3.61. The zero-order valence-corrected chi connectivity index (χ0v) is 14.2. The predicted octanol–water partition coefficient (Wildman–Crippen LogP) is 2.83. The molecule has 2 aliphatic heterocycles. The zero-order chi connectivity index (χ0) is 16.7. The molecule has 2 aliphatic rings. The van der Waals surface area contributed by atoms with Crippen LogP contribution >= 0.6 is 0 Å². The molecule has 4 rings (SSSR count). The smallest absolute Gasteiger partial charge is 0.254 e. The molecule has 5 heteroatoms. The third-order valence-corrected chi connectivity index (χ3v) is 4.95. The Hall–Kier alpha value is -1.98. The minimum Gasteiger partial charge on any atom is -0.347 e. The summed E-state index contributed by atoms with van der Waals surface area (Å²) in [4.78, 5) is 19.6. The number of amides is 1. The van der Waals surface area contributed by atoms with E-state index in [9.17, 15) is 4.79 Å². The molecule has 2 saturated heterocycles. The van der Waals surface area contributed by atoms with Crippen molar-refractivity contribution in [2.24, 2.45) is 0 Å². The highest BCUT2D eigenvalue weighted by Gasteiger charge is 2.41. The van der Waals surface area contributed by atoms with Crippen LogP contribution in [0.5, 0.6) is 0 Å². The van der Waals surface area contributed by atoms with Gasteiger partial charge < -0.3 is 14.4 Å². The predicted molar refractivity (Wildman–Crippen MR) is 91.0 cm³/mol. The van der Waals surface area contributed by atoms with E-state index in [1.54, 1.807) is 0 Å². The zero-order valence-electron chi connectivity index (χ0n) is 14.2. The summed E-state index contributed by atoms with van der Waals surface area (Å²) in [7, 11) is 0. The number of carbonyl (C=O) groups is 1. The molecule has 1 aromatic heterocycles. The molecule has 5 nitrogen and oxygen atoms in total. The van der Waals surface area contributed by atoms with E-state index in [0.717, 1.165) is 40.6 Å². The van der Waals surface area contributed by atoms with Crippen molar-refractivity contribution in [1.29, 1.82) is 0 Å². The lowest BCUT2D eigenvalue weighted by molar-refractivity contribution is -0.181. The molecule has 0 atom stereocenters. The number of piperidine rings is 1. The van der Waals surface area contributed by atoms with Gasteiger partial charge in [-0.25, -0.2) is 0 Å². The molecule has 2 fully saturated rings. The lowest BCUT2D eigenvalue weighted by Gasteiger charge is -2.37. The molecule has 0 radical (unpaired) electrons. The fraction of sp³-hybridized carbons (Fsp3) is 0.474. The summed E-state index contributed by atoms with van der Waals surface area (Å²) in [6, 6.07) is 7.96. The Morgan fingerprint density at radius 1 is 1.12 bits per heavy atom. The largest absolute Gasteiger partial charge is 0.347 e. The Labute approximate surface area is 141 Å². The van der Waals surface area contributed by atoms with Gasteiger partial charge in [0.15, 0.2) is 5.79 Å². The van der Waals surface area contributed by atoms with Crippen molar-refractivity contribution in [3.63, 3.8) is 0 Å². The summed E-state index contributed by atoms with van der Waals surface area (Å²) in [5.74, 6) is -0.382. The second kappa shape index (κ2) is 5.83. The number of aryl methyl sites for hydroxylation is 2. The van der Waals surface area contributed by atoms with Gasteiger partial charge >= 0.3 is 0 Å². The number of carbonyl (C=O) groups excluding carboxylic acids is 1. The monoisotopic (exact) mass is 326 g/mol. The van der Waals surface area contributed by atoms with Gasteiger partial charge in [0.2, 0.25) is 0 Å². The Morgan fingerprint density at radius 2 is 1.83 bits per heavy atom. The van der Waals surface area contributed by atoms with E-state index in [0.29, 0.717) is 26.3 Å². The Balaban J connectivity index is 1.63. The van der Waals surface area contributed by atoms with Crippen LogP contribution < -0.4 is 0 Å². The molecule has 1 spiro atoms. The van der Waals surface area contributed by atoms with Crippen LogP contribution in [0.2, 0.25) is 0 Å². The van der Waals surface area contributed by atoms with E-state index >= 15 is 0 Å². The fourth-order valence-corrected chi connectivity index (χ4v) is 3.66. The summed E-state index contributed by atoms with van der Waals surface area (Å²) < 4.78 is 11.5. The Morgan fingerprint density at radius 3 is 2.54 bits per heavy atom. The number of pyridine rings is 1. The highest BCUT2D eigenvalue weighted by atomic mass is 16.7. The quantitative estimate of drug-likeness (QED) is 0.808. The highest BCUT2D eigenvalue weighted by Crippen LogP contribution is 2.32. The average molecular weight is 326 g/mol. The number of hydrogen-bond donors (Lipinski definition) is 0. The number of aromatic nitrogens is 1. The van der Waals surface area contributed by atoms with Gasteiger partial charge in [-0.3, -0.25) is 9.78 Å². The number of fused-ring (bicyclic) bond motifs is 1. The van der Waals surface area contributed by atoms with Crippen molar-refractivity contribution in [2.45, 2.75) is 32.5 Å². The first-order valence-electron chi connectivity index (χ1n) is 8.52. The van der Waals surface area contributed by atoms with Gasteiger partial charge in [-0.05, 0) is 32.0 Å². The van der Waals surface area contributed by atoms with Gasteiger partial charge in [-0.2, -0.15) is 0 Å². The molecule has 1 amide bonds. The summed E-state index contributed by atoms with van der Waals surface area (Å²) >= 11 is 0. The van der Waals surface area contributed by atoms with Crippen molar-refractivity contribution >= 4 is 16.8 Å². The molecule has 0 unspecified atom stereocenters. The minimum atomic E-state index is -0.455. The maximum atomic E-state index is 13.1. The van der Waals surface area contributed by atoms with Gasteiger partial charge in [0, 0.05) is 37.0 Å². The second-order valence-corrected chi connectivity index (χ2v) is 6.73. The molecule has 1 aromatic carbocycles. The van der Waals surface area contributed by atoms with Crippen LogP contribution in [0.3, 0.4) is 0 Å². The van der Waals surface area contributed by atoms with Gasteiger partial charge in [0.1, 0.15) is 0 Å². The van der Waals surface area contributed by atoms with Crippen molar-refractivity contribution in [1.82, 2.24) is 9.88 Å². The molecule has 126 valence electrons. The Kier molecular flexibility index (Phi) is 3.77. The summed E-state index contributed by atoms with van der Waals surface area (Å²) in [6.45, 7) is 6.60. The standard InChI is InChI=1S/C19H22N2O3/c1-13-3-4-17-15(11-13)16(12-14(2)20-17)18(22)21-7-5-19(6-8-21)23-9-10-24-19/h3-4,11-12H,5-10H2,1-2H3. The minimum absolute atomic E-state index is 0.0731. The van der Waals surface area contributed by atoms with Gasteiger partial charge in [-0.15, -0.1) is 0 Å². The number of rotatable bonds is 1. The lowest BCUT2D eigenvalue weighted by Crippen LogP contribution is -2.47. The number of hydrogen-bond acceptors (Lipinski definition) is 4. The molecule has 0 bridgehead atoms. The molecule has 3 heterocycles. The van der Waals surface area contributed by atoms with Crippen LogP contribution in [0.1, 0.15) is 34.5 Å². The van der Waals surface area contributed by atoms with E-state index in [2.05, 4.69) is 4.98 Å². The lowest BCUT2D eigenvalue weighted by atomic mass is 10.0. The van der Waals surface area contributed by atoms with Gasteiger partial charge in [-0.1, -0.05) is 11.6 Å².